The van der Waals surface area contributed by atoms with Gasteiger partial charge in [-0.05, 0) is 45.7 Å². The summed E-state index contributed by atoms with van der Waals surface area (Å²) in [6.07, 6.45) is 3.65. The zero-order valence-corrected chi connectivity index (χ0v) is 12.0. The Balaban J connectivity index is 2.12. The summed E-state index contributed by atoms with van der Waals surface area (Å²) in [5, 5.41) is 5.12. The van der Waals surface area contributed by atoms with Gasteiger partial charge in [-0.1, -0.05) is 0 Å². The first-order valence-corrected chi connectivity index (χ1v) is 7.06. The number of nitrogens with zero attached hydrogens (tertiary/aromatic N) is 3. The number of ether oxygens (including phenoxy) is 1. The minimum atomic E-state index is -0.0509. The molecule has 106 valence electrons. The molecule has 1 saturated heterocycles. The van der Waals surface area contributed by atoms with Gasteiger partial charge in [0.25, 0.3) is 5.56 Å². The van der Waals surface area contributed by atoms with Crippen LogP contribution in [0.15, 0.2) is 23.1 Å². The molecule has 1 fully saturated rings. The van der Waals surface area contributed by atoms with Gasteiger partial charge in [0.2, 0.25) is 0 Å². The first kappa shape index (κ1) is 13.2. The van der Waals surface area contributed by atoms with E-state index in [-0.39, 0.29) is 23.8 Å². The highest BCUT2D eigenvalue weighted by atomic mass is 16.5. The average molecular weight is 273 g/mol. The van der Waals surface area contributed by atoms with Crippen molar-refractivity contribution in [3.05, 3.63) is 34.4 Å². The van der Waals surface area contributed by atoms with Crippen LogP contribution in [-0.2, 0) is 4.74 Å². The van der Waals surface area contributed by atoms with E-state index in [4.69, 9.17) is 4.74 Å². The molecule has 0 aliphatic carbocycles. The summed E-state index contributed by atoms with van der Waals surface area (Å²) in [6.45, 7) is 5.99. The number of hydrogen-bond acceptors (Lipinski definition) is 4. The lowest BCUT2D eigenvalue weighted by Gasteiger charge is -2.32. The quantitative estimate of drug-likeness (QED) is 0.799. The summed E-state index contributed by atoms with van der Waals surface area (Å²) < 4.78 is 7.37. The van der Waals surface area contributed by atoms with E-state index in [1.165, 1.54) is 0 Å². The lowest BCUT2D eigenvalue weighted by atomic mass is 10.00. The van der Waals surface area contributed by atoms with Crippen molar-refractivity contribution in [1.29, 1.82) is 0 Å². The van der Waals surface area contributed by atoms with Gasteiger partial charge in [0.1, 0.15) is 0 Å². The summed E-state index contributed by atoms with van der Waals surface area (Å²) in [4.78, 5) is 16.9. The molecule has 20 heavy (non-hydrogen) atoms. The number of hydrogen-bond donors (Lipinski definition) is 0. The van der Waals surface area contributed by atoms with Crippen LogP contribution in [0.2, 0.25) is 0 Å². The predicted octanol–water partition coefficient (Wildman–Crippen LogP) is 2.23. The molecular formula is C15H19N3O2. The van der Waals surface area contributed by atoms with Crippen molar-refractivity contribution in [2.45, 2.75) is 51.9 Å². The molecule has 0 aromatic carbocycles. The monoisotopic (exact) mass is 273 g/mol. The van der Waals surface area contributed by atoms with Gasteiger partial charge in [-0.3, -0.25) is 9.78 Å². The molecule has 1 aliphatic rings. The third-order valence-corrected chi connectivity index (χ3v) is 3.87. The Hall–Kier alpha value is -1.75. The first-order chi connectivity index (χ1) is 9.56. The summed E-state index contributed by atoms with van der Waals surface area (Å²) in [5.41, 5.74) is 1.44. The van der Waals surface area contributed by atoms with Crippen molar-refractivity contribution < 1.29 is 4.74 Å². The second kappa shape index (κ2) is 4.98. The molecule has 0 N–H and O–H groups in total. The summed E-state index contributed by atoms with van der Waals surface area (Å²) in [5.74, 6) is 0. The average Bonchev–Trinajstić information content (AvgIpc) is 2.42. The lowest BCUT2D eigenvalue weighted by molar-refractivity contribution is -0.0513. The highest BCUT2D eigenvalue weighted by Crippen LogP contribution is 2.27. The van der Waals surface area contributed by atoms with Gasteiger partial charge in [-0.2, -0.15) is 5.10 Å². The van der Waals surface area contributed by atoms with E-state index < -0.39 is 0 Å². The van der Waals surface area contributed by atoms with Gasteiger partial charge in [0.05, 0.1) is 34.8 Å². The minimum absolute atomic E-state index is 0.0509. The van der Waals surface area contributed by atoms with Gasteiger partial charge in [-0.15, -0.1) is 0 Å². The van der Waals surface area contributed by atoms with Crippen LogP contribution in [0, 0.1) is 6.92 Å². The van der Waals surface area contributed by atoms with Crippen LogP contribution in [0.25, 0.3) is 10.9 Å². The molecule has 2 aromatic rings. The predicted molar refractivity (Wildman–Crippen MR) is 76.8 cm³/mol. The van der Waals surface area contributed by atoms with Crippen LogP contribution < -0.4 is 5.56 Å². The van der Waals surface area contributed by atoms with Crippen LogP contribution in [0.4, 0.5) is 0 Å². The molecule has 2 unspecified atom stereocenters. The molecule has 3 rings (SSSR count). The first-order valence-electron chi connectivity index (χ1n) is 7.06. The van der Waals surface area contributed by atoms with Gasteiger partial charge in [-0.25, -0.2) is 4.68 Å². The zero-order chi connectivity index (χ0) is 14.3. The maximum atomic E-state index is 12.6. The second-order valence-corrected chi connectivity index (χ2v) is 5.62. The van der Waals surface area contributed by atoms with Crippen molar-refractivity contribution in [1.82, 2.24) is 14.8 Å². The van der Waals surface area contributed by atoms with Gasteiger partial charge in [0.15, 0.2) is 0 Å². The van der Waals surface area contributed by atoms with Crippen molar-refractivity contribution in [2.75, 3.05) is 0 Å². The Morgan fingerprint density at radius 2 is 2.00 bits per heavy atom. The van der Waals surface area contributed by atoms with E-state index in [0.717, 1.165) is 18.5 Å². The standard InChI is InChI=1S/C15H19N3O2/c1-9-7-12(8-10(2)20-9)18-15(19)13-5-4-6-16-14(13)11(3)17-18/h4-6,9-10,12H,7-8H2,1-3H3. The Kier molecular flexibility index (Phi) is 3.30. The fourth-order valence-electron chi connectivity index (χ4n) is 3.06. The molecule has 1 aliphatic heterocycles. The molecular weight excluding hydrogens is 254 g/mol. The topological polar surface area (TPSA) is 57.0 Å². The molecule has 2 aromatic heterocycles. The van der Waals surface area contributed by atoms with Crippen molar-refractivity contribution in [2.24, 2.45) is 0 Å². The van der Waals surface area contributed by atoms with Crippen LogP contribution in [0.3, 0.4) is 0 Å². The fraction of sp³-hybridized carbons (Fsp3) is 0.533. The maximum Gasteiger partial charge on any atom is 0.276 e. The van der Waals surface area contributed by atoms with E-state index in [1.54, 1.807) is 16.9 Å². The van der Waals surface area contributed by atoms with Crippen LogP contribution >= 0.6 is 0 Å². The van der Waals surface area contributed by atoms with E-state index in [9.17, 15) is 4.79 Å². The van der Waals surface area contributed by atoms with Crippen LogP contribution in [0.5, 0.6) is 0 Å². The molecule has 0 spiro atoms. The Morgan fingerprint density at radius 1 is 1.30 bits per heavy atom. The Bertz CT molecular complexity index is 685. The number of aromatic nitrogens is 3. The summed E-state index contributed by atoms with van der Waals surface area (Å²) >= 11 is 0. The van der Waals surface area contributed by atoms with E-state index >= 15 is 0 Å². The van der Waals surface area contributed by atoms with Crippen LogP contribution in [0.1, 0.15) is 38.4 Å². The highest BCUT2D eigenvalue weighted by molar-refractivity contribution is 5.78. The number of pyridine rings is 1. The van der Waals surface area contributed by atoms with E-state index in [1.807, 2.05) is 26.8 Å². The largest absolute Gasteiger partial charge is 0.375 e. The summed E-state index contributed by atoms with van der Waals surface area (Å²) in [7, 11) is 0. The zero-order valence-electron chi connectivity index (χ0n) is 12.0. The van der Waals surface area contributed by atoms with Crippen molar-refractivity contribution >= 4 is 10.9 Å². The maximum absolute atomic E-state index is 12.6. The Morgan fingerprint density at radius 3 is 2.70 bits per heavy atom. The van der Waals surface area contributed by atoms with Gasteiger partial charge < -0.3 is 4.74 Å². The molecule has 2 atom stereocenters. The smallest absolute Gasteiger partial charge is 0.276 e. The number of rotatable bonds is 1. The normalized spacial score (nSPS) is 26.9. The molecule has 5 heteroatoms. The SMILES string of the molecule is Cc1nn(C2CC(C)OC(C)C2)c(=O)c2cccnc12. The van der Waals surface area contributed by atoms with Gasteiger partial charge in [0, 0.05) is 6.20 Å². The molecule has 3 heterocycles. The van der Waals surface area contributed by atoms with E-state index in [0.29, 0.717) is 10.9 Å². The Labute approximate surface area is 117 Å². The fourth-order valence-corrected chi connectivity index (χ4v) is 3.06. The molecule has 0 saturated carbocycles. The van der Waals surface area contributed by atoms with Gasteiger partial charge >= 0.3 is 0 Å². The van der Waals surface area contributed by atoms with Crippen molar-refractivity contribution in [3.63, 3.8) is 0 Å². The number of aryl methyl sites for hydroxylation is 1. The van der Waals surface area contributed by atoms with E-state index in [2.05, 4.69) is 10.1 Å². The molecule has 0 radical (unpaired) electrons. The number of fused-ring (bicyclic) bond motifs is 1. The molecule has 0 amide bonds. The molecule has 5 nitrogen and oxygen atoms in total. The summed E-state index contributed by atoms with van der Waals surface area (Å²) in [6, 6.07) is 3.72. The van der Waals surface area contributed by atoms with Crippen LogP contribution in [-0.4, -0.2) is 27.0 Å². The minimum Gasteiger partial charge on any atom is -0.375 e. The third kappa shape index (κ3) is 2.22. The second-order valence-electron chi connectivity index (χ2n) is 5.62. The molecule has 0 bridgehead atoms. The van der Waals surface area contributed by atoms with Crippen molar-refractivity contribution in [3.8, 4) is 0 Å². The lowest BCUT2D eigenvalue weighted by Crippen LogP contribution is -2.37. The highest BCUT2D eigenvalue weighted by Gasteiger charge is 2.27. The third-order valence-electron chi connectivity index (χ3n) is 3.87.